The summed E-state index contributed by atoms with van der Waals surface area (Å²) in [7, 11) is 0. The van der Waals surface area contributed by atoms with Crippen molar-refractivity contribution in [3.63, 3.8) is 0 Å². The number of fused-ring (bicyclic) bond motifs is 7. The van der Waals surface area contributed by atoms with Crippen LogP contribution < -0.4 is 0 Å². The lowest BCUT2D eigenvalue weighted by atomic mass is 9.33. The fourth-order valence-corrected chi connectivity index (χ4v) is 16.2. The zero-order valence-corrected chi connectivity index (χ0v) is 44.1. The SMILES string of the molecule is C[C@@H]1O[C@H](O[C@@H]2[C@H](O[C@H]3CC[C@@]4(C)C(CC[C@]5(C)C4CC=C4C6CC(C)(C)CC[C@]6(C(=O)O[C@@H]6O[C@H](CO)[C@@H](O)[C@H](O)[C@H]6O)CC[C@]45C)C3(C)C)OC[C@@H](O)[C@H]2O[C@@H]2O[C@H](CO)[C@@H](O)[C@H](O)[C@H]2O)[C@H](O)[C@H](O)[C@H]1O. The zero-order chi connectivity index (χ0) is 54.0. The molecule has 9 aliphatic rings. The summed E-state index contributed by atoms with van der Waals surface area (Å²) < 4.78 is 49.0. The molecule has 424 valence electrons. The minimum atomic E-state index is -1.83. The van der Waals surface area contributed by atoms with Gasteiger partial charge in [-0.05, 0) is 116 Å². The van der Waals surface area contributed by atoms with E-state index in [0.717, 1.165) is 44.9 Å². The van der Waals surface area contributed by atoms with E-state index < -0.39 is 153 Å². The molecule has 0 aromatic carbocycles. The average Bonchev–Trinajstić information content (AvgIpc) is 3.35. The summed E-state index contributed by atoms with van der Waals surface area (Å²) in [6.07, 6.45) is -20.0. The summed E-state index contributed by atoms with van der Waals surface area (Å²) in [5, 5.41) is 128. The van der Waals surface area contributed by atoms with Crippen LogP contribution in [0.15, 0.2) is 11.6 Å². The van der Waals surface area contributed by atoms with Crippen molar-refractivity contribution in [2.45, 2.75) is 242 Å². The maximum Gasteiger partial charge on any atom is 0.315 e. The summed E-state index contributed by atoms with van der Waals surface area (Å²) in [6, 6.07) is 0. The number of hydrogen-bond acceptors (Lipinski definition) is 21. The van der Waals surface area contributed by atoms with Gasteiger partial charge in [-0.1, -0.05) is 60.1 Å². The molecule has 0 radical (unpaired) electrons. The lowest BCUT2D eigenvalue weighted by molar-refractivity contribution is -0.388. The van der Waals surface area contributed by atoms with E-state index in [4.69, 9.17) is 37.9 Å². The minimum absolute atomic E-state index is 0.0812. The summed E-state index contributed by atoms with van der Waals surface area (Å²) >= 11 is 0. The van der Waals surface area contributed by atoms with E-state index in [1.165, 1.54) is 12.5 Å². The topological polar surface area (TPSA) is 334 Å². The van der Waals surface area contributed by atoms with Crippen molar-refractivity contribution < 1.29 is 104 Å². The van der Waals surface area contributed by atoms with Crippen molar-refractivity contribution in [1.82, 2.24) is 0 Å². The maximum absolute atomic E-state index is 14.8. The van der Waals surface area contributed by atoms with Gasteiger partial charge in [-0.15, -0.1) is 0 Å². The number of carbonyl (C=O) groups excluding carboxylic acids is 1. The van der Waals surface area contributed by atoms with Crippen LogP contribution in [0.2, 0.25) is 0 Å². The molecule has 3 unspecified atom stereocenters. The Morgan fingerprint density at radius 2 is 1.18 bits per heavy atom. The third-order valence-corrected chi connectivity index (χ3v) is 21.0. The third kappa shape index (κ3) is 9.17. The van der Waals surface area contributed by atoms with E-state index in [1.807, 2.05) is 0 Å². The second-order valence-electron chi connectivity index (χ2n) is 25.8. The second-order valence-corrected chi connectivity index (χ2v) is 25.8. The van der Waals surface area contributed by atoms with E-state index in [0.29, 0.717) is 19.3 Å². The zero-order valence-electron chi connectivity index (χ0n) is 44.1. The van der Waals surface area contributed by atoms with E-state index in [9.17, 15) is 66.1 Å². The van der Waals surface area contributed by atoms with Crippen molar-refractivity contribution in [2.75, 3.05) is 19.8 Å². The van der Waals surface area contributed by atoms with Crippen molar-refractivity contribution in [1.29, 1.82) is 0 Å². The number of ether oxygens (including phenoxy) is 8. The Labute approximate surface area is 433 Å². The molecule has 4 saturated heterocycles. The molecule has 8 fully saturated rings. The highest BCUT2D eigenvalue weighted by Crippen LogP contribution is 2.76. The molecule has 27 atom stereocenters. The standard InChI is InChI=1S/C53H86O21/c1-23-32(57)35(60)38(63)43(68-23)73-42-41(72-44-39(64)36(61)33(58)27(20-54)69-44)26(56)22-67-46(42)71-31-12-13-50(6)29(49(31,4)5)11-14-52(8)30(50)10-9-24-25-19-48(2,3)15-17-53(25,18-16-51(24,52)7)47(66)74-45-40(65)37(62)34(59)28(21-55)70-45/h9,23,25-46,54-65H,10-22H2,1-8H3/t23-,25?,26+,27+,28+,29?,30?,31-,32-,33+,34+,35+,36-,37-,38+,39+,40+,41+,42-,43+,44-,45-,46-,50-,51+,52+,53-/m0/s1. The molecule has 0 spiro atoms. The fraction of sp³-hybridized carbons (Fsp3) is 0.943. The quantitative estimate of drug-likeness (QED) is 0.0755. The van der Waals surface area contributed by atoms with Crippen LogP contribution in [0.3, 0.4) is 0 Å². The maximum atomic E-state index is 14.8. The van der Waals surface area contributed by atoms with Crippen LogP contribution in [0.1, 0.15) is 120 Å². The summed E-state index contributed by atoms with van der Waals surface area (Å²) in [5.41, 5.74) is -0.904. The summed E-state index contributed by atoms with van der Waals surface area (Å²) in [5.74, 6) is -0.306. The molecule has 12 N–H and O–H groups in total. The van der Waals surface area contributed by atoms with Crippen LogP contribution in [0.4, 0.5) is 0 Å². The van der Waals surface area contributed by atoms with Crippen LogP contribution >= 0.6 is 0 Å². The third-order valence-electron chi connectivity index (χ3n) is 21.0. The largest absolute Gasteiger partial charge is 0.432 e. The number of rotatable bonds is 10. The highest BCUT2D eigenvalue weighted by Gasteiger charge is 2.70. The lowest BCUT2D eigenvalue weighted by Crippen LogP contribution is -2.67. The first-order valence-corrected chi connectivity index (χ1v) is 27.1. The normalized spacial score (nSPS) is 54.1. The highest BCUT2D eigenvalue weighted by molar-refractivity contribution is 5.79. The molecule has 4 heterocycles. The van der Waals surface area contributed by atoms with Gasteiger partial charge in [0, 0.05) is 0 Å². The molecule has 0 amide bonds. The summed E-state index contributed by atoms with van der Waals surface area (Å²) in [6.45, 7) is 15.9. The van der Waals surface area contributed by atoms with E-state index >= 15 is 0 Å². The predicted octanol–water partition coefficient (Wildman–Crippen LogP) is -0.369. The van der Waals surface area contributed by atoms with Crippen molar-refractivity contribution >= 4 is 5.97 Å². The van der Waals surface area contributed by atoms with Gasteiger partial charge in [0.25, 0.3) is 0 Å². The van der Waals surface area contributed by atoms with Gasteiger partial charge in [0.05, 0.1) is 37.4 Å². The van der Waals surface area contributed by atoms with Gasteiger partial charge >= 0.3 is 5.97 Å². The molecule has 21 heteroatoms. The van der Waals surface area contributed by atoms with E-state index in [2.05, 4.69) is 54.5 Å². The van der Waals surface area contributed by atoms with Crippen molar-refractivity contribution in [2.24, 2.45) is 50.2 Å². The Morgan fingerprint density at radius 1 is 0.608 bits per heavy atom. The smallest absolute Gasteiger partial charge is 0.315 e. The van der Waals surface area contributed by atoms with Crippen LogP contribution in [0.5, 0.6) is 0 Å². The van der Waals surface area contributed by atoms with E-state index in [-0.39, 0.29) is 46.0 Å². The van der Waals surface area contributed by atoms with E-state index in [1.54, 1.807) is 0 Å². The number of aliphatic hydroxyl groups excluding tert-OH is 12. The molecule has 0 aromatic rings. The Kier molecular flexibility index (Phi) is 15.8. The molecular formula is C53H86O21. The molecule has 21 nitrogen and oxygen atoms in total. The predicted molar refractivity (Wildman–Crippen MR) is 255 cm³/mol. The molecule has 74 heavy (non-hydrogen) atoms. The second kappa shape index (κ2) is 20.5. The number of hydrogen-bond donors (Lipinski definition) is 12. The fourth-order valence-electron chi connectivity index (χ4n) is 16.2. The molecule has 4 aliphatic heterocycles. The summed E-state index contributed by atoms with van der Waals surface area (Å²) in [4.78, 5) is 14.8. The molecule has 5 aliphatic carbocycles. The molecule has 0 bridgehead atoms. The monoisotopic (exact) mass is 1060 g/mol. The van der Waals surface area contributed by atoms with Crippen molar-refractivity contribution in [3.05, 3.63) is 11.6 Å². The number of aliphatic hydroxyl groups is 12. The van der Waals surface area contributed by atoms with Crippen LogP contribution in [0.25, 0.3) is 0 Å². The van der Waals surface area contributed by atoms with Gasteiger partial charge in [-0.25, -0.2) is 0 Å². The van der Waals surface area contributed by atoms with Gasteiger partial charge in [-0.2, -0.15) is 0 Å². The molecule has 0 aromatic heterocycles. The lowest BCUT2D eigenvalue weighted by Gasteiger charge is -2.71. The average molecular weight is 1060 g/mol. The Balaban J connectivity index is 0.973. The highest BCUT2D eigenvalue weighted by atomic mass is 16.8. The molecule has 4 saturated carbocycles. The molecular weight excluding hydrogens is 973 g/mol. The van der Waals surface area contributed by atoms with Gasteiger partial charge in [0.2, 0.25) is 6.29 Å². The molecule has 9 rings (SSSR count). The first kappa shape index (κ1) is 57.1. The van der Waals surface area contributed by atoms with Gasteiger partial charge in [0.15, 0.2) is 18.9 Å². The van der Waals surface area contributed by atoms with Crippen LogP contribution in [0, 0.1) is 50.2 Å². The number of esters is 1. The number of allylic oxidation sites excluding steroid dienone is 2. The van der Waals surface area contributed by atoms with Gasteiger partial charge in [0.1, 0.15) is 85.5 Å². The Morgan fingerprint density at radius 3 is 1.81 bits per heavy atom. The first-order valence-electron chi connectivity index (χ1n) is 27.1. The van der Waals surface area contributed by atoms with Crippen LogP contribution in [-0.4, -0.2) is 210 Å². The first-order chi connectivity index (χ1) is 34.6. The minimum Gasteiger partial charge on any atom is -0.432 e. The van der Waals surface area contributed by atoms with Gasteiger partial charge < -0.3 is 99.2 Å². The Hall–Kier alpha value is -1.55. The Bertz CT molecular complexity index is 2040. The van der Waals surface area contributed by atoms with Crippen LogP contribution in [-0.2, 0) is 42.7 Å². The number of carbonyl (C=O) groups is 1. The van der Waals surface area contributed by atoms with Crippen molar-refractivity contribution in [3.8, 4) is 0 Å². The van der Waals surface area contributed by atoms with Gasteiger partial charge in [-0.3, -0.25) is 4.79 Å².